The van der Waals surface area contributed by atoms with Crippen molar-refractivity contribution in [3.05, 3.63) is 0 Å². The molecule has 21 heavy (non-hydrogen) atoms. The van der Waals surface area contributed by atoms with E-state index in [-0.39, 0.29) is 0 Å². The van der Waals surface area contributed by atoms with E-state index in [1.54, 1.807) is 0 Å². The molecular formula is C19H32O2. The Bertz CT molecular complexity index is 402. The second-order valence-corrected chi connectivity index (χ2v) is 8.70. The molecule has 0 saturated heterocycles. The van der Waals surface area contributed by atoms with Crippen LogP contribution in [0.1, 0.15) is 72.1 Å². The molecule has 2 heteroatoms. The van der Waals surface area contributed by atoms with Crippen molar-refractivity contribution < 1.29 is 9.90 Å². The van der Waals surface area contributed by atoms with E-state index in [1.165, 1.54) is 38.5 Å². The topological polar surface area (TPSA) is 37.3 Å². The van der Waals surface area contributed by atoms with Crippen LogP contribution in [-0.4, -0.2) is 11.1 Å². The van der Waals surface area contributed by atoms with E-state index in [4.69, 9.17) is 0 Å². The van der Waals surface area contributed by atoms with Gasteiger partial charge in [0, 0.05) is 0 Å². The van der Waals surface area contributed by atoms with Crippen molar-refractivity contribution in [2.45, 2.75) is 72.1 Å². The van der Waals surface area contributed by atoms with E-state index in [2.05, 4.69) is 13.8 Å². The number of rotatable bonds is 2. The molecule has 1 N–H and O–H groups in total. The number of hydrogen-bond acceptors (Lipinski definition) is 1. The third kappa shape index (κ3) is 2.53. The molecule has 0 radical (unpaired) electrons. The highest BCUT2D eigenvalue weighted by molar-refractivity contribution is 5.74. The van der Waals surface area contributed by atoms with Gasteiger partial charge >= 0.3 is 5.97 Å². The molecule has 0 spiro atoms. The molecule has 5 unspecified atom stereocenters. The van der Waals surface area contributed by atoms with Crippen molar-refractivity contribution in [1.29, 1.82) is 0 Å². The van der Waals surface area contributed by atoms with Gasteiger partial charge in [-0.05, 0) is 87.4 Å². The molecule has 3 rings (SSSR count). The van der Waals surface area contributed by atoms with Crippen LogP contribution in [0.5, 0.6) is 0 Å². The number of hydrogen-bond donors (Lipinski definition) is 1. The average molecular weight is 292 g/mol. The average Bonchev–Trinajstić information content (AvgIpc) is 2.46. The molecular weight excluding hydrogens is 260 g/mol. The Labute approximate surface area is 129 Å². The van der Waals surface area contributed by atoms with Crippen LogP contribution in [0, 0.1) is 40.9 Å². The second kappa shape index (κ2) is 5.59. The number of carboxylic acid groups (broad SMARTS) is 1. The molecule has 3 saturated carbocycles. The lowest BCUT2D eigenvalue weighted by molar-refractivity contribution is -0.161. The summed E-state index contributed by atoms with van der Waals surface area (Å²) in [4.78, 5) is 11.8. The Morgan fingerprint density at radius 2 is 1.86 bits per heavy atom. The van der Waals surface area contributed by atoms with Crippen LogP contribution < -0.4 is 0 Å². The van der Waals surface area contributed by atoms with Crippen LogP contribution in [0.4, 0.5) is 0 Å². The first kappa shape index (κ1) is 15.4. The minimum atomic E-state index is -0.536. The van der Waals surface area contributed by atoms with E-state index in [0.717, 1.165) is 36.5 Å². The van der Waals surface area contributed by atoms with Gasteiger partial charge in [0.05, 0.1) is 5.41 Å². The smallest absolute Gasteiger partial charge is 0.309 e. The summed E-state index contributed by atoms with van der Waals surface area (Å²) >= 11 is 0. The fourth-order valence-corrected chi connectivity index (χ4v) is 6.09. The predicted molar refractivity (Wildman–Crippen MR) is 85.0 cm³/mol. The SMILES string of the molecule is CC(C)C1CCC2C(CCC3C2CCC[C@@]3(C)C(=O)O)C1. The maximum Gasteiger partial charge on any atom is 0.309 e. The highest BCUT2D eigenvalue weighted by Gasteiger charge is 2.53. The molecule has 6 atom stereocenters. The Kier molecular flexibility index (Phi) is 4.09. The lowest BCUT2D eigenvalue weighted by atomic mass is 9.50. The number of fused-ring (bicyclic) bond motifs is 3. The molecule has 0 aromatic rings. The highest BCUT2D eigenvalue weighted by Crippen LogP contribution is 2.58. The largest absolute Gasteiger partial charge is 0.481 e. The van der Waals surface area contributed by atoms with Gasteiger partial charge in [0.1, 0.15) is 0 Å². The molecule has 0 heterocycles. The zero-order valence-electron chi connectivity index (χ0n) is 14.0. The lowest BCUT2D eigenvalue weighted by Crippen LogP contribution is -2.50. The fraction of sp³-hybridized carbons (Fsp3) is 0.947. The van der Waals surface area contributed by atoms with Crippen LogP contribution in [-0.2, 0) is 4.79 Å². The summed E-state index contributed by atoms with van der Waals surface area (Å²) in [5.74, 6) is 4.07. The zero-order chi connectivity index (χ0) is 15.2. The van der Waals surface area contributed by atoms with Crippen molar-refractivity contribution in [2.75, 3.05) is 0 Å². The molecule has 2 nitrogen and oxygen atoms in total. The molecule has 3 aliphatic rings. The van der Waals surface area contributed by atoms with Crippen molar-refractivity contribution in [1.82, 2.24) is 0 Å². The first-order valence-corrected chi connectivity index (χ1v) is 9.17. The maximum atomic E-state index is 11.8. The van der Waals surface area contributed by atoms with Gasteiger partial charge in [0.2, 0.25) is 0 Å². The molecule has 3 fully saturated rings. The van der Waals surface area contributed by atoms with E-state index < -0.39 is 11.4 Å². The van der Waals surface area contributed by atoms with Crippen LogP contribution in [0.3, 0.4) is 0 Å². The van der Waals surface area contributed by atoms with Crippen LogP contribution >= 0.6 is 0 Å². The van der Waals surface area contributed by atoms with E-state index in [1.807, 2.05) is 6.92 Å². The first-order chi connectivity index (χ1) is 9.93. The molecule has 120 valence electrons. The first-order valence-electron chi connectivity index (χ1n) is 9.17. The van der Waals surface area contributed by atoms with Gasteiger partial charge in [-0.2, -0.15) is 0 Å². The molecule has 0 aromatic carbocycles. The summed E-state index contributed by atoms with van der Waals surface area (Å²) < 4.78 is 0. The Hall–Kier alpha value is -0.530. The van der Waals surface area contributed by atoms with E-state index in [0.29, 0.717) is 11.8 Å². The van der Waals surface area contributed by atoms with E-state index >= 15 is 0 Å². The quantitative estimate of drug-likeness (QED) is 0.779. The lowest BCUT2D eigenvalue weighted by Gasteiger charge is -2.54. The van der Waals surface area contributed by atoms with Gasteiger partial charge in [-0.15, -0.1) is 0 Å². The second-order valence-electron chi connectivity index (χ2n) is 8.70. The Morgan fingerprint density at radius 1 is 1.10 bits per heavy atom. The summed E-state index contributed by atoms with van der Waals surface area (Å²) in [7, 11) is 0. The predicted octanol–water partition coefficient (Wildman–Crippen LogP) is 4.98. The molecule has 0 aliphatic heterocycles. The number of carbonyl (C=O) groups is 1. The van der Waals surface area contributed by atoms with Crippen LogP contribution in [0.25, 0.3) is 0 Å². The van der Waals surface area contributed by atoms with Crippen LogP contribution in [0.2, 0.25) is 0 Å². The summed E-state index contributed by atoms with van der Waals surface area (Å²) in [6, 6.07) is 0. The van der Waals surface area contributed by atoms with Crippen molar-refractivity contribution in [3.63, 3.8) is 0 Å². The number of aliphatic carboxylic acids is 1. The highest BCUT2D eigenvalue weighted by atomic mass is 16.4. The van der Waals surface area contributed by atoms with Gasteiger partial charge < -0.3 is 5.11 Å². The summed E-state index contributed by atoms with van der Waals surface area (Å²) in [6.45, 7) is 6.78. The third-order valence-corrected chi connectivity index (χ3v) is 7.48. The van der Waals surface area contributed by atoms with Gasteiger partial charge in [0.15, 0.2) is 0 Å². The third-order valence-electron chi connectivity index (χ3n) is 7.48. The standard InChI is InChI=1S/C19H32O2/c1-12(2)13-6-8-15-14(11-13)7-9-17-16(15)5-4-10-19(17,3)18(20)21/h12-17H,4-11H2,1-3H3,(H,20,21)/t13?,14?,15?,16?,17?,19-/m1/s1. The van der Waals surface area contributed by atoms with Gasteiger partial charge in [-0.1, -0.05) is 20.3 Å². The van der Waals surface area contributed by atoms with Crippen molar-refractivity contribution in [2.24, 2.45) is 40.9 Å². The normalized spacial score (nSPS) is 46.8. The Balaban J connectivity index is 1.77. The summed E-state index contributed by atoms with van der Waals surface area (Å²) in [6.07, 6.45) is 9.93. The summed E-state index contributed by atoms with van der Waals surface area (Å²) in [5, 5.41) is 9.75. The zero-order valence-corrected chi connectivity index (χ0v) is 14.0. The number of carboxylic acids is 1. The molecule has 0 amide bonds. The van der Waals surface area contributed by atoms with Gasteiger partial charge in [-0.25, -0.2) is 0 Å². The molecule has 0 aromatic heterocycles. The maximum absolute atomic E-state index is 11.8. The van der Waals surface area contributed by atoms with E-state index in [9.17, 15) is 9.90 Å². The van der Waals surface area contributed by atoms with Crippen LogP contribution in [0.15, 0.2) is 0 Å². The Morgan fingerprint density at radius 3 is 2.52 bits per heavy atom. The minimum Gasteiger partial charge on any atom is -0.481 e. The summed E-state index contributed by atoms with van der Waals surface area (Å²) in [5.41, 5.74) is -0.442. The molecule has 0 bridgehead atoms. The monoisotopic (exact) mass is 292 g/mol. The fourth-order valence-electron chi connectivity index (χ4n) is 6.09. The molecule has 3 aliphatic carbocycles. The van der Waals surface area contributed by atoms with Crippen molar-refractivity contribution >= 4 is 5.97 Å². The minimum absolute atomic E-state index is 0.442. The van der Waals surface area contributed by atoms with Gasteiger partial charge in [0.25, 0.3) is 0 Å². The van der Waals surface area contributed by atoms with Crippen molar-refractivity contribution in [3.8, 4) is 0 Å². The van der Waals surface area contributed by atoms with Gasteiger partial charge in [-0.3, -0.25) is 4.79 Å².